The van der Waals surface area contributed by atoms with Gasteiger partial charge >= 0.3 is 5.97 Å². The first-order valence-electron chi connectivity index (χ1n) is 4.58. The molecule has 0 aliphatic rings. The summed E-state index contributed by atoms with van der Waals surface area (Å²) in [6.07, 6.45) is 0.833. The maximum atomic E-state index is 9.25. The van der Waals surface area contributed by atoms with Gasteiger partial charge in [-0.25, -0.2) is 4.79 Å². The van der Waals surface area contributed by atoms with Gasteiger partial charge in [0.1, 0.15) is 0 Å². The number of carboxylic acids is 1. The number of aliphatic hydroxyl groups is 3. The van der Waals surface area contributed by atoms with Gasteiger partial charge in [-0.3, -0.25) is 0 Å². The van der Waals surface area contributed by atoms with Crippen LogP contribution in [0.3, 0.4) is 0 Å². The highest BCUT2D eigenvalue weighted by Gasteiger charge is 2.31. The number of aliphatic hydroxyl groups excluding tert-OH is 3. The number of hydrogen-bond acceptors (Lipinski definition) is 4. The summed E-state index contributed by atoms with van der Waals surface area (Å²) in [5, 5.41) is 34.1. The van der Waals surface area contributed by atoms with Crippen molar-refractivity contribution in [3.63, 3.8) is 0 Å². The average molecular weight is 220 g/mol. The zero-order chi connectivity index (χ0) is 12.5. The SMILES string of the molecule is C=CC(=O)O.CC(C)C(CO)(CO)CO. The third kappa shape index (κ3) is 6.22. The van der Waals surface area contributed by atoms with Crippen molar-refractivity contribution in [1.82, 2.24) is 0 Å². The Morgan fingerprint density at radius 3 is 1.53 bits per heavy atom. The molecule has 0 unspecified atom stereocenters. The van der Waals surface area contributed by atoms with Gasteiger partial charge in [0.05, 0.1) is 19.8 Å². The summed E-state index contributed by atoms with van der Waals surface area (Å²) in [5.41, 5.74) is -0.708. The van der Waals surface area contributed by atoms with Crippen molar-refractivity contribution >= 4 is 5.97 Å². The normalized spacial score (nSPS) is 10.5. The number of carbonyl (C=O) groups is 1. The van der Waals surface area contributed by atoms with Crippen molar-refractivity contribution < 1.29 is 25.2 Å². The maximum Gasteiger partial charge on any atom is 0.327 e. The van der Waals surface area contributed by atoms with Crippen LogP contribution in [0.2, 0.25) is 0 Å². The molecule has 90 valence electrons. The van der Waals surface area contributed by atoms with E-state index >= 15 is 0 Å². The second-order valence-corrected chi connectivity index (χ2v) is 3.53. The summed E-state index contributed by atoms with van der Waals surface area (Å²) in [6.45, 7) is 6.18. The quantitative estimate of drug-likeness (QED) is 0.483. The van der Waals surface area contributed by atoms with Crippen LogP contribution in [0, 0.1) is 11.3 Å². The lowest BCUT2D eigenvalue weighted by Gasteiger charge is -2.31. The van der Waals surface area contributed by atoms with E-state index in [2.05, 4.69) is 6.58 Å². The van der Waals surface area contributed by atoms with Crippen LogP contribution in [0.25, 0.3) is 0 Å². The lowest BCUT2D eigenvalue weighted by molar-refractivity contribution is -0.131. The smallest absolute Gasteiger partial charge is 0.327 e. The molecule has 0 saturated carbocycles. The van der Waals surface area contributed by atoms with E-state index in [0.29, 0.717) is 0 Å². The Morgan fingerprint density at radius 1 is 1.27 bits per heavy atom. The molecule has 0 aromatic heterocycles. The molecule has 15 heavy (non-hydrogen) atoms. The Morgan fingerprint density at radius 2 is 1.53 bits per heavy atom. The zero-order valence-corrected chi connectivity index (χ0v) is 9.18. The third-order valence-electron chi connectivity index (χ3n) is 2.34. The van der Waals surface area contributed by atoms with Gasteiger partial charge in [0.2, 0.25) is 0 Å². The molecule has 0 aliphatic carbocycles. The summed E-state index contributed by atoms with van der Waals surface area (Å²) in [4.78, 5) is 9.25. The Bertz CT molecular complexity index is 176. The van der Waals surface area contributed by atoms with E-state index in [0.717, 1.165) is 6.08 Å². The van der Waals surface area contributed by atoms with E-state index < -0.39 is 11.4 Å². The maximum absolute atomic E-state index is 9.25. The molecule has 0 fully saturated rings. The van der Waals surface area contributed by atoms with Gasteiger partial charge in [-0.2, -0.15) is 0 Å². The van der Waals surface area contributed by atoms with Crippen LogP contribution in [0.15, 0.2) is 12.7 Å². The van der Waals surface area contributed by atoms with Gasteiger partial charge in [-0.15, -0.1) is 0 Å². The van der Waals surface area contributed by atoms with Gasteiger partial charge in [-0.05, 0) is 5.92 Å². The summed E-state index contributed by atoms with van der Waals surface area (Å²) in [5.74, 6) is -0.891. The molecule has 0 amide bonds. The molecular formula is C10H20O5. The van der Waals surface area contributed by atoms with Crippen molar-refractivity contribution in [2.45, 2.75) is 13.8 Å². The van der Waals surface area contributed by atoms with Crippen molar-refractivity contribution in [3.05, 3.63) is 12.7 Å². The molecule has 0 radical (unpaired) electrons. The summed E-state index contributed by atoms with van der Waals surface area (Å²) >= 11 is 0. The minimum absolute atomic E-state index is 0.0903. The second kappa shape index (κ2) is 8.40. The average Bonchev–Trinajstić information content (AvgIpc) is 2.21. The molecule has 0 atom stereocenters. The summed E-state index contributed by atoms with van der Waals surface area (Å²) in [7, 11) is 0. The fourth-order valence-electron chi connectivity index (χ4n) is 0.698. The number of carboxylic acid groups (broad SMARTS) is 1. The van der Waals surface area contributed by atoms with Crippen molar-refractivity contribution in [3.8, 4) is 0 Å². The highest BCUT2D eigenvalue weighted by Crippen LogP contribution is 2.25. The van der Waals surface area contributed by atoms with Crippen molar-refractivity contribution in [1.29, 1.82) is 0 Å². The Labute approximate surface area is 89.7 Å². The summed E-state index contributed by atoms with van der Waals surface area (Å²) in [6, 6.07) is 0. The van der Waals surface area contributed by atoms with Crippen LogP contribution in [-0.2, 0) is 4.79 Å². The first kappa shape index (κ1) is 16.5. The highest BCUT2D eigenvalue weighted by atomic mass is 16.4. The van der Waals surface area contributed by atoms with Crippen LogP contribution < -0.4 is 0 Å². The van der Waals surface area contributed by atoms with Gasteiger partial charge in [0.15, 0.2) is 0 Å². The third-order valence-corrected chi connectivity index (χ3v) is 2.34. The van der Waals surface area contributed by atoms with Crippen LogP contribution in [0.1, 0.15) is 13.8 Å². The molecular weight excluding hydrogens is 200 g/mol. The van der Waals surface area contributed by atoms with E-state index in [1.807, 2.05) is 13.8 Å². The van der Waals surface area contributed by atoms with Crippen LogP contribution in [-0.4, -0.2) is 46.2 Å². The van der Waals surface area contributed by atoms with Crippen LogP contribution >= 0.6 is 0 Å². The largest absolute Gasteiger partial charge is 0.478 e. The molecule has 5 nitrogen and oxygen atoms in total. The first-order chi connectivity index (χ1) is 6.90. The van der Waals surface area contributed by atoms with E-state index in [4.69, 9.17) is 20.4 Å². The van der Waals surface area contributed by atoms with Crippen molar-refractivity contribution in [2.24, 2.45) is 11.3 Å². The fourth-order valence-corrected chi connectivity index (χ4v) is 0.698. The number of rotatable bonds is 5. The topological polar surface area (TPSA) is 98.0 Å². The predicted molar refractivity (Wildman–Crippen MR) is 56.4 cm³/mol. The molecule has 4 N–H and O–H groups in total. The fraction of sp³-hybridized carbons (Fsp3) is 0.700. The molecule has 5 heteroatoms. The number of hydrogen-bond donors (Lipinski definition) is 4. The minimum atomic E-state index is -0.981. The highest BCUT2D eigenvalue weighted by molar-refractivity contribution is 5.78. The Balaban J connectivity index is 0. The zero-order valence-electron chi connectivity index (χ0n) is 9.18. The molecule has 0 spiro atoms. The molecule has 0 aromatic carbocycles. The molecule has 0 heterocycles. The van der Waals surface area contributed by atoms with Gasteiger partial charge < -0.3 is 20.4 Å². The van der Waals surface area contributed by atoms with Gasteiger partial charge in [0.25, 0.3) is 0 Å². The van der Waals surface area contributed by atoms with E-state index in [1.54, 1.807) is 0 Å². The second-order valence-electron chi connectivity index (χ2n) is 3.53. The predicted octanol–water partition coefficient (Wildman–Crippen LogP) is -0.137. The Hall–Kier alpha value is -0.910. The monoisotopic (exact) mass is 220 g/mol. The molecule has 0 saturated heterocycles. The molecule has 0 bridgehead atoms. The Kier molecular flexibility index (Phi) is 9.25. The first-order valence-corrected chi connectivity index (χ1v) is 4.58. The summed E-state index contributed by atoms with van der Waals surface area (Å²) < 4.78 is 0. The molecule has 0 aromatic rings. The van der Waals surface area contributed by atoms with E-state index in [1.165, 1.54) is 0 Å². The lowest BCUT2D eigenvalue weighted by Crippen LogP contribution is -2.38. The van der Waals surface area contributed by atoms with E-state index in [9.17, 15) is 4.79 Å². The standard InChI is InChI=1S/C7H16O3.C3H4O2/c1-6(2)7(3-8,4-9)5-10;1-2-3(4)5/h6,8-10H,3-5H2,1-2H3;2H,1H2,(H,4,5). The number of aliphatic carboxylic acids is 1. The minimum Gasteiger partial charge on any atom is -0.478 e. The van der Waals surface area contributed by atoms with Gasteiger partial charge in [-0.1, -0.05) is 20.4 Å². The van der Waals surface area contributed by atoms with Gasteiger partial charge in [0, 0.05) is 11.5 Å². The van der Waals surface area contributed by atoms with Crippen molar-refractivity contribution in [2.75, 3.05) is 19.8 Å². The molecule has 0 aliphatic heterocycles. The molecule has 0 rings (SSSR count). The lowest BCUT2D eigenvalue weighted by atomic mass is 9.79. The van der Waals surface area contributed by atoms with Crippen LogP contribution in [0.5, 0.6) is 0 Å². The van der Waals surface area contributed by atoms with Crippen LogP contribution in [0.4, 0.5) is 0 Å². The van der Waals surface area contributed by atoms with E-state index in [-0.39, 0.29) is 25.7 Å².